The molecular weight excluding hydrogens is 306 g/mol. The fourth-order valence-electron chi connectivity index (χ4n) is 2.45. The predicted molar refractivity (Wildman–Crippen MR) is 84.7 cm³/mol. The van der Waals surface area contributed by atoms with E-state index in [0.29, 0.717) is 10.6 Å². The van der Waals surface area contributed by atoms with Gasteiger partial charge in [-0.3, -0.25) is 14.7 Å². The molecule has 0 N–H and O–H groups in total. The first-order chi connectivity index (χ1) is 10.2. The van der Waals surface area contributed by atoms with E-state index in [-0.39, 0.29) is 5.91 Å². The van der Waals surface area contributed by atoms with Gasteiger partial charge in [0.1, 0.15) is 0 Å². The van der Waals surface area contributed by atoms with Gasteiger partial charge in [0.2, 0.25) is 0 Å². The van der Waals surface area contributed by atoms with Crippen LogP contribution in [-0.4, -0.2) is 46.9 Å². The molecule has 0 bridgehead atoms. The van der Waals surface area contributed by atoms with E-state index in [1.165, 1.54) is 11.1 Å². The maximum Gasteiger partial charge on any atom is 0.255 e. The Balaban J connectivity index is 1.58. The summed E-state index contributed by atoms with van der Waals surface area (Å²) in [4.78, 5) is 22.0. The molecular formula is C15H16ClN3OS. The summed E-state index contributed by atoms with van der Waals surface area (Å²) < 4.78 is 0. The minimum absolute atomic E-state index is 0.00169. The third kappa shape index (κ3) is 3.43. The van der Waals surface area contributed by atoms with Crippen LogP contribution in [0.4, 0.5) is 0 Å². The number of pyridine rings is 1. The maximum absolute atomic E-state index is 12.4. The van der Waals surface area contributed by atoms with E-state index in [2.05, 4.69) is 27.4 Å². The summed E-state index contributed by atoms with van der Waals surface area (Å²) in [5, 5.41) is 2.52. The van der Waals surface area contributed by atoms with Gasteiger partial charge in [-0.2, -0.15) is 0 Å². The molecule has 0 radical (unpaired) electrons. The Labute approximate surface area is 133 Å². The van der Waals surface area contributed by atoms with Gasteiger partial charge in [0, 0.05) is 50.0 Å². The summed E-state index contributed by atoms with van der Waals surface area (Å²) in [6.45, 7) is 4.24. The SMILES string of the molecule is O=C(c1ccncc1Cl)N1CCN(Cc2cccs2)CC1. The molecule has 1 aliphatic heterocycles. The average molecular weight is 322 g/mol. The van der Waals surface area contributed by atoms with Gasteiger partial charge in [-0.05, 0) is 17.5 Å². The van der Waals surface area contributed by atoms with E-state index in [9.17, 15) is 4.79 Å². The van der Waals surface area contributed by atoms with E-state index in [0.717, 1.165) is 32.7 Å². The van der Waals surface area contributed by atoms with Gasteiger partial charge in [-0.25, -0.2) is 0 Å². The summed E-state index contributed by atoms with van der Waals surface area (Å²) in [6, 6.07) is 5.91. The number of amides is 1. The number of thiophene rings is 1. The van der Waals surface area contributed by atoms with Crippen LogP contribution < -0.4 is 0 Å². The first-order valence-electron chi connectivity index (χ1n) is 6.87. The highest BCUT2D eigenvalue weighted by atomic mass is 35.5. The van der Waals surface area contributed by atoms with Crippen molar-refractivity contribution in [3.05, 3.63) is 51.4 Å². The number of piperazine rings is 1. The van der Waals surface area contributed by atoms with Crippen LogP contribution in [0.3, 0.4) is 0 Å². The molecule has 0 unspecified atom stereocenters. The lowest BCUT2D eigenvalue weighted by molar-refractivity contribution is 0.0629. The van der Waals surface area contributed by atoms with Gasteiger partial charge < -0.3 is 4.90 Å². The molecule has 1 saturated heterocycles. The van der Waals surface area contributed by atoms with E-state index in [1.807, 2.05) is 4.90 Å². The van der Waals surface area contributed by atoms with Crippen LogP contribution in [0.25, 0.3) is 0 Å². The first-order valence-corrected chi connectivity index (χ1v) is 8.13. The number of hydrogen-bond donors (Lipinski definition) is 0. The molecule has 110 valence electrons. The van der Waals surface area contributed by atoms with Gasteiger partial charge in [0.25, 0.3) is 5.91 Å². The number of carbonyl (C=O) groups is 1. The molecule has 6 heteroatoms. The third-order valence-corrected chi connectivity index (χ3v) is 4.78. The van der Waals surface area contributed by atoms with Crippen molar-refractivity contribution in [2.24, 2.45) is 0 Å². The summed E-state index contributed by atoms with van der Waals surface area (Å²) in [6.07, 6.45) is 3.12. The second-order valence-electron chi connectivity index (χ2n) is 5.00. The van der Waals surface area contributed by atoms with Crippen molar-refractivity contribution in [1.29, 1.82) is 0 Å². The Morgan fingerprint density at radius 3 is 2.76 bits per heavy atom. The molecule has 0 aromatic carbocycles. The van der Waals surface area contributed by atoms with Crippen LogP contribution in [0, 0.1) is 0 Å². The summed E-state index contributed by atoms with van der Waals surface area (Å²) >= 11 is 7.82. The molecule has 4 nitrogen and oxygen atoms in total. The van der Waals surface area contributed by atoms with E-state index in [4.69, 9.17) is 11.6 Å². The summed E-state index contributed by atoms with van der Waals surface area (Å²) in [7, 11) is 0. The lowest BCUT2D eigenvalue weighted by atomic mass is 10.2. The van der Waals surface area contributed by atoms with Crippen LogP contribution in [0.5, 0.6) is 0 Å². The van der Waals surface area contributed by atoms with Gasteiger partial charge in [-0.1, -0.05) is 17.7 Å². The molecule has 0 atom stereocenters. The van der Waals surface area contributed by atoms with Gasteiger partial charge >= 0.3 is 0 Å². The summed E-state index contributed by atoms with van der Waals surface area (Å²) in [5.41, 5.74) is 0.540. The van der Waals surface area contributed by atoms with Crippen molar-refractivity contribution in [1.82, 2.24) is 14.8 Å². The van der Waals surface area contributed by atoms with Crippen molar-refractivity contribution in [3.8, 4) is 0 Å². The monoisotopic (exact) mass is 321 g/mol. The molecule has 2 aromatic heterocycles. The molecule has 0 aliphatic carbocycles. The highest BCUT2D eigenvalue weighted by Gasteiger charge is 2.23. The van der Waals surface area contributed by atoms with Crippen molar-refractivity contribution in [2.75, 3.05) is 26.2 Å². The Hall–Kier alpha value is -1.43. The zero-order valence-corrected chi connectivity index (χ0v) is 13.1. The Morgan fingerprint density at radius 2 is 2.10 bits per heavy atom. The topological polar surface area (TPSA) is 36.4 Å². The number of nitrogens with zero attached hydrogens (tertiary/aromatic N) is 3. The van der Waals surface area contributed by atoms with Crippen LogP contribution in [0.1, 0.15) is 15.2 Å². The summed E-state index contributed by atoms with van der Waals surface area (Å²) in [5.74, 6) is -0.00169. The molecule has 1 amide bonds. The zero-order valence-electron chi connectivity index (χ0n) is 11.5. The van der Waals surface area contributed by atoms with Crippen molar-refractivity contribution in [3.63, 3.8) is 0 Å². The van der Waals surface area contributed by atoms with Crippen LogP contribution in [-0.2, 0) is 6.54 Å². The number of hydrogen-bond acceptors (Lipinski definition) is 4. The largest absolute Gasteiger partial charge is 0.336 e. The van der Waals surface area contributed by atoms with Crippen LogP contribution in [0.2, 0.25) is 5.02 Å². The third-order valence-electron chi connectivity index (χ3n) is 3.62. The van der Waals surface area contributed by atoms with Crippen molar-refractivity contribution in [2.45, 2.75) is 6.54 Å². The quantitative estimate of drug-likeness (QED) is 0.872. The van der Waals surface area contributed by atoms with Crippen LogP contribution in [0.15, 0.2) is 36.0 Å². The zero-order chi connectivity index (χ0) is 14.7. The number of rotatable bonds is 3. The minimum Gasteiger partial charge on any atom is -0.336 e. The fraction of sp³-hybridized carbons (Fsp3) is 0.333. The highest BCUT2D eigenvalue weighted by molar-refractivity contribution is 7.09. The Morgan fingerprint density at radius 1 is 1.29 bits per heavy atom. The molecule has 0 spiro atoms. The standard InChI is InChI=1S/C15H16ClN3OS/c16-14-10-17-4-3-13(14)15(20)19-7-5-18(6-8-19)11-12-2-1-9-21-12/h1-4,9-10H,5-8,11H2. The second-order valence-corrected chi connectivity index (χ2v) is 6.44. The molecule has 21 heavy (non-hydrogen) atoms. The normalized spacial score (nSPS) is 16.1. The van der Waals surface area contributed by atoms with Crippen molar-refractivity contribution < 1.29 is 4.79 Å². The predicted octanol–water partition coefficient (Wildman–Crippen LogP) is 2.75. The smallest absolute Gasteiger partial charge is 0.255 e. The highest BCUT2D eigenvalue weighted by Crippen LogP contribution is 2.18. The maximum atomic E-state index is 12.4. The first kappa shape index (κ1) is 14.5. The molecule has 1 aliphatic rings. The number of carbonyl (C=O) groups excluding carboxylic acids is 1. The number of aromatic nitrogens is 1. The lowest BCUT2D eigenvalue weighted by Gasteiger charge is -2.34. The van der Waals surface area contributed by atoms with Gasteiger partial charge in [-0.15, -0.1) is 11.3 Å². The van der Waals surface area contributed by atoms with E-state index >= 15 is 0 Å². The molecule has 0 saturated carbocycles. The lowest BCUT2D eigenvalue weighted by Crippen LogP contribution is -2.48. The van der Waals surface area contributed by atoms with Gasteiger partial charge in [0.15, 0.2) is 0 Å². The van der Waals surface area contributed by atoms with Crippen molar-refractivity contribution >= 4 is 28.8 Å². The average Bonchev–Trinajstić information content (AvgIpc) is 3.01. The van der Waals surface area contributed by atoms with Gasteiger partial charge in [0.05, 0.1) is 10.6 Å². The van der Waals surface area contributed by atoms with E-state index in [1.54, 1.807) is 23.6 Å². The van der Waals surface area contributed by atoms with E-state index < -0.39 is 0 Å². The molecule has 3 heterocycles. The Bertz CT molecular complexity index is 609. The minimum atomic E-state index is -0.00169. The van der Waals surface area contributed by atoms with Crippen LogP contribution >= 0.6 is 22.9 Å². The molecule has 1 fully saturated rings. The molecule has 2 aromatic rings. The Kier molecular flexibility index (Phi) is 4.53. The molecule has 3 rings (SSSR count). The number of halogens is 1. The second kappa shape index (κ2) is 6.56. The fourth-order valence-corrected chi connectivity index (χ4v) is 3.40.